The Morgan fingerprint density at radius 3 is 2.42 bits per heavy atom. The molecule has 2 aromatic carbocycles. The molecule has 2 saturated heterocycles. The standard InChI is InChI=1S/C25H18BrFN4O2/c26-17-6-7-18(19(27)11-17)21-23(12-28,13-29)24(14-30)20-10-16(15-4-2-1-3-5-15)8-9-25(20,32-21)33-22(24)31/h1-7,11,16,20-21,31H,8-10H2. The van der Waals surface area contributed by atoms with Crippen LogP contribution >= 0.6 is 15.9 Å². The van der Waals surface area contributed by atoms with Crippen molar-refractivity contribution in [3.8, 4) is 18.2 Å². The van der Waals surface area contributed by atoms with Gasteiger partial charge in [-0.05, 0) is 36.5 Å². The zero-order valence-electron chi connectivity index (χ0n) is 17.4. The average Bonchev–Trinajstić information content (AvgIpc) is 3.03. The Balaban J connectivity index is 1.70. The number of rotatable bonds is 2. The molecule has 1 N–H and O–H groups in total. The van der Waals surface area contributed by atoms with Gasteiger partial charge in [0.2, 0.25) is 17.1 Å². The van der Waals surface area contributed by atoms with Crippen LogP contribution in [0.4, 0.5) is 4.39 Å². The van der Waals surface area contributed by atoms with Gasteiger partial charge in [-0.3, -0.25) is 5.41 Å². The van der Waals surface area contributed by atoms with E-state index in [2.05, 4.69) is 22.0 Å². The van der Waals surface area contributed by atoms with Gasteiger partial charge >= 0.3 is 0 Å². The lowest BCUT2D eigenvalue weighted by molar-refractivity contribution is -0.296. The quantitative estimate of drug-likeness (QED) is 0.580. The number of nitrogens with zero attached hydrogens (tertiary/aromatic N) is 3. The van der Waals surface area contributed by atoms with Crippen molar-refractivity contribution in [2.24, 2.45) is 16.7 Å². The molecular weight excluding hydrogens is 487 g/mol. The first-order valence-electron chi connectivity index (χ1n) is 10.6. The highest BCUT2D eigenvalue weighted by Crippen LogP contribution is 2.70. The topological polar surface area (TPSA) is 114 Å². The van der Waals surface area contributed by atoms with Gasteiger partial charge in [-0.25, -0.2) is 4.39 Å². The molecule has 8 heteroatoms. The molecule has 3 fully saturated rings. The summed E-state index contributed by atoms with van der Waals surface area (Å²) in [4.78, 5) is 0. The third-order valence-corrected chi connectivity index (χ3v) is 7.92. The van der Waals surface area contributed by atoms with Crippen molar-refractivity contribution in [3.63, 3.8) is 0 Å². The van der Waals surface area contributed by atoms with E-state index < -0.39 is 40.4 Å². The van der Waals surface area contributed by atoms with Crippen molar-refractivity contribution < 1.29 is 13.9 Å². The summed E-state index contributed by atoms with van der Waals surface area (Å²) < 4.78 is 27.8. The molecule has 5 rings (SSSR count). The number of benzene rings is 2. The first-order chi connectivity index (χ1) is 15.9. The molecule has 3 aliphatic rings. The molecule has 6 nitrogen and oxygen atoms in total. The number of nitrogens with one attached hydrogen (secondary N) is 1. The lowest BCUT2D eigenvalue weighted by Crippen LogP contribution is -2.61. The van der Waals surface area contributed by atoms with Crippen LogP contribution < -0.4 is 0 Å². The van der Waals surface area contributed by atoms with Crippen LogP contribution in [0.1, 0.15) is 42.4 Å². The SMILES string of the molecule is N#CC1(C#N)C(c2ccc(Br)cc2F)OC23CCC(c4ccccc4)CC2C1(C#N)C(=N)O3. The molecule has 2 bridgehead atoms. The summed E-state index contributed by atoms with van der Waals surface area (Å²) in [5.41, 5.74) is -3.00. The second-order valence-electron chi connectivity index (χ2n) is 8.79. The Morgan fingerprint density at radius 2 is 1.79 bits per heavy atom. The second-order valence-corrected chi connectivity index (χ2v) is 9.71. The Hall–Kier alpha value is -3.25. The van der Waals surface area contributed by atoms with Crippen LogP contribution in [0.3, 0.4) is 0 Å². The van der Waals surface area contributed by atoms with E-state index in [4.69, 9.17) is 14.9 Å². The van der Waals surface area contributed by atoms with E-state index >= 15 is 4.39 Å². The Labute approximate surface area is 198 Å². The molecule has 0 spiro atoms. The summed E-state index contributed by atoms with van der Waals surface area (Å²) >= 11 is 3.21. The van der Waals surface area contributed by atoms with Gasteiger partial charge in [-0.2, -0.15) is 15.8 Å². The largest absolute Gasteiger partial charge is 0.447 e. The maximum Gasteiger partial charge on any atom is 0.217 e. The second kappa shape index (κ2) is 7.39. The molecule has 0 aromatic heterocycles. The van der Waals surface area contributed by atoms with E-state index in [1.54, 1.807) is 6.07 Å². The third-order valence-electron chi connectivity index (χ3n) is 7.43. The monoisotopic (exact) mass is 504 g/mol. The van der Waals surface area contributed by atoms with Gasteiger partial charge in [0.05, 0.1) is 24.1 Å². The van der Waals surface area contributed by atoms with Crippen LogP contribution in [-0.2, 0) is 9.47 Å². The van der Waals surface area contributed by atoms with E-state index in [0.29, 0.717) is 23.7 Å². The van der Waals surface area contributed by atoms with Crippen LogP contribution in [0.2, 0.25) is 0 Å². The number of ether oxygens (including phenoxy) is 2. The van der Waals surface area contributed by atoms with Crippen molar-refractivity contribution in [2.45, 2.75) is 37.1 Å². The Kier molecular flexibility index (Phi) is 4.83. The summed E-state index contributed by atoms with van der Waals surface area (Å²) in [7, 11) is 0. The number of hydrogen-bond acceptors (Lipinski definition) is 6. The van der Waals surface area contributed by atoms with Crippen LogP contribution in [0, 0.1) is 62.0 Å². The van der Waals surface area contributed by atoms with Crippen molar-refractivity contribution in [1.82, 2.24) is 0 Å². The number of halogens is 2. The minimum Gasteiger partial charge on any atom is -0.447 e. The predicted molar refractivity (Wildman–Crippen MR) is 118 cm³/mol. The molecule has 2 heterocycles. The first-order valence-corrected chi connectivity index (χ1v) is 11.4. The summed E-state index contributed by atoms with van der Waals surface area (Å²) in [5.74, 6) is -3.18. The molecule has 1 aliphatic carbocycles. The highest BCUT2D eigenvalue weighted by Gasteiger charge is 2.81. The zero-order chi connectivity index (χ0) is 23.4. The summed E-state index contributed by atoms with van der Waals surface area (Å²) in [6, 6.07) is 20.2. The number of nitriles is 3. The summed E-state index contributed by atoms with van der Waals surface area (Å²) in [5, 5.41) is 39.8. The van der Waals surface area contributed by atoms with Crippen molar-refractivity contribution in [3.05, 3.63) is 69.9 Å². The van der Waals surface area contributed by atoms with Gasteiger partial charge in [-0.1, -0.05) is 52.3 Å². The molecule has 5 unspecified atom stereocenters. The Bertz CT molecular complexity index is 1270. The fourth-order valence-electron chi connectivity index (χ4n) is 5.86. The number of hydrogen-bond donors (Lipinski definition) is 1. The maximum absolute atomic E-state index is 15.1. The first kappa shape index (κ1) is 21.6. The Morgan fingerprint density at radius 1 is 1.06 bits per heavy atom. The fourth-order valence-corrected chi connectivity index (χ4v) is 6.19. The summed E-state index contributed by atoms with van der Waals surface area (Å²) in [6.45, 7) is 0. The lowest BCUT2D eigenvalue weighted by atomic mass is 9.50. The van der Waals surface area contributed by atoms with E-state index in [9.17, 15) is 15.8 Å². The highest BCUT2D eigenvalue weighted by molar-refractivity contribution is 9.10. The van der Waals surface area contributed by atoms with Gasteiger partial charge in [0, 0.05) is 16.5 Å². The van der Waals surface area contributed by atoms with Crippen LogP contribution in [0.15, 0.2) is 53.0 Å². The van der Waals surface area contributed by atoms with Crippen LogP contribution in [0.5, 0.6) is 0 Å². The van der Waals surface area contributed by atoms with E-state index in [-0.39, 0.29) is 11.5 Å². The average molecular weight is 505 g/mol. The molecule has 164 valence electrons. The van der Waals surface area contributed by atoms with E-state index in [0.717, 1.165) is 5.56 Å². The molecule has 1 saturated carbocycles. The summed E-state index contributed by atoms with van der Waals surface area (Å²) in [6.07, 6.45) is 0.0231. The fraction of sp³-hybridized carbons (Fsp3) is 0.360. The molecular formula is C25H18BrFN4O2. The van der Waals surface area contributed by atoms with Crippen molar-refractivity contribution in [1.29, 1.82) is 21.2 Å². The highest BCUT2D eigenvalue weighted by atomic mass is 79.9. The smallest absolute Gasteiger partial charge is 0.217 e. The third kappa shape index (κ3) is 2.67. The van der Waals surface area contributed by atoms with Gasteiger partial charge < -0.3 is 9.47 Å². The van der Waals surface area contributed by atoms with Crippen LogP contribution in [0.25, 0.3) is 0 Å². The minimum atomic E-state index is -2.17. The molecule has 5 atom stereocenters. The van der Waals surface area contributed by atoms with E-state index in [1.807, 2.05) is 42.5 Å². The zero-order valence-corrected chi connectivity index (χ0v) is 19.0. The van der Waals surface area contributed by atoms with Crippen LogP contribution in [-0.4, -0.2) is 11.7 Å². The molecule has 2 aliphatic heterocycles. The van der Waals surface area contributed by atoms with Crippen molar-refractivity contribution in [2.75, 3.05) is 0 Å². The molecule has 0 radical (unpaired) electrons. The van der Waals surface area contributed by atoms with E-state index in [1.165, 1.54) is 12.1 Å². The normalized spacial score (nSPS) is 33.7. The minimum absolute atomic E-state index is 0.0118. The maximum atomic E-state index is 15.1. The van der Waals surface area contributed by atoms with Gasteiger partial charge in [0.1, 0.15) is 11.9 Å². The molecule has 33 heavy (non-hydrogen) atoms. The van der Waals surface area contributed by atoms with Gasteiger partial charge in [0.15, 0.2) is 5.41 Å². The van der Waals surface area contributed by atoms with Gasteiger partial charge in [0.25, 0.3) is 0 Å². The molecule has 0 amide bonds. The van der Waals surface area contributed by atoms with Crippen molar-refractivity contribution >= 4 is 21.8 Å². The lowest BCUT2D eigenvalue weighted by Gasteiger charge is -2.52. The predicted octanol–water partition coefficient (Wildman–Crippen LogP) is 5.49. The van der Waals surface area contributed by atoms with Gasteiger partial charge in [-0.15, -0.1) is 0 Å². The molecule has 2 aromatic rings.